The number of benzene rings is 1. The molecule has 0 aliphatic carbocycles. The fourth-order valence-electron chi connectivity index (χ4n) is 3.19. The van der Waals surface area contributed by atoms with Gasteiger partial charge >= 0.3 is 0 Å². The van der Waals surface area contributed by atoms with Crippen LogP contribution in [-0.4, -0.2) is 115 Å². The molecule has 1 aromatic carbocycles. The van der Waals surface area contributed by atoms with Gasteiger partial charge in [-0.15, -0.1) is 0 Å². The van der Waals surface area contributed by atoms with Crippen molar-refractivity contribution in [3.8, 4) is 11.5 Å². The third-order valence-electron chi connectivity index (χ3n) is 5.03. The van der Waals surface area contributed by atoms with Gasteiger partial charge in [-0.05, 0) is 24.3 Å². The largest absolute Gasteiger partial charge is 0.462 e. The Morgan fingerprint density at radius 3 is 0.974 bits per heavy atom. The molecule has 194 valence electrons. The van der Waals surface area contributed by atoms with E-state index in [9.17, 15) is 40.9 Å². The van der Waals surface area contributed by atoms with Crippen LogP contribution >= 0.6 is 0 Å². The molecule has 10 atom stereocenters. The number of hydrogen-bond acceptors (Lipinski definition) is 12. The monoisotopic (exact) mass is 2250 g/mol. The average Bonchev–Trinajstić information content (AvgIpc) is 2.75. The predicted molar refractivity (Wildman–Crippen MR) is 95.2 cm³/mol. The molecular formula is C18H26Ac8O12. The van der Waals surface area contributed by atoms with Gasteiger partial charge in [0.1, 0.15) is 60.3 Å². The zero-order valence-electron chi connectivity index (χ0n) is 20.3. The van der Waals surface area contributed by atoms with Gasteiger partial charge in [0, 0.05) is 352 Å². The summed E-state index contributed by atoms with van der Waals surface area (Å²) < 4.78 is 21.4. The molecule has 12 nitrogen and oxygen atoms in total. The molecule has 8 unspecified atom stereocenters. The molecule has 2 aliphatic heterocycles. The van der Waals surface area contributed by atoms with Crippen molar-refractivity contribution in [3.63, 3.8) is 0 Å². The van der Waals surface area contributed by atoms with Crippen LogP contribution in [0.15, 0.2) is 24.3 Å². The van der Waals surface area contributed by atoms with Gasteiger partial charge in [-0.25, -0.2) is 0 Å². The summed E-state index contributed by atoms with van der Waals surface area (Å²) in [5, 5.41) is 77.6. The molecular weight excluding hydrogens is 2220 g/mol. The Morgan fingerprint density at radius 1 is 0.474 bits per heavy atom. The van der Waals surface area contributed by atoms with E-state index in [0.717, 1.165) is 0 Å². The van der Waals surface area contributed by atoms with E-state index in [1.54, 1.807) is 0 Å². The van der Waals surface area contributed by atoms with Gasteiger partial charge in [-0.1, -0.05) is 0 Å². The molecule has 2 heterocycles. The third kappa shape index (κ3) is 17.9. The van der Waals surface area contributed by atoms with Crippen molar-refractivity contribution in [2.75, 3.05) is 13.2 Å². The van der Waals surface area contributed by atoms with Crippen LogP contribution in [0.5, 0.6) is 11.5 Å². The average molecular weight is 2250 g/mol. The molecule has 0 bridgehead atoms. The summed E-state index contributed by atoms with van der Waals surface area (Å²) in [5.74, 6) is 0.390. The van der Waals surface area contributed by atoms with Crippen LogP contribution < -0.4 is 9.47 Å². The summed E-state index contributed by atoms with van der Waals surface area (Å²) in [6.45, 7) is -1.17. The first-order valence-corrected chi connectivity index (χ1v) is 9.31. The minimum absolute atomic E-state index is 0. The van der Waals surface area contributed by atoms with E-state index >= 15 is 0 Å². The van der Waals surface area contributed by atoms with E-state index in [1.807, 2.05) is 0 Å². The Hall–Kier alpha value is 9.95. The molecule has 2 aliphatic rings. The van der Waals surface area contributed by atoms with E-state index in [2.05, 4.69) is 0 Å². The van der Waals surface area contributed by atoms with Gasteiger partial charge in [0.25, 0.3) is 0 Å². The molecule has 1 aromatic rings. The van der Waals surface area contributed by atoms with Crippen LogP contribution in [0.25, 0.3) is 0 Å². The van der Waals surface area contributed by atoms with Crippen LogP contribution in [0.4, 0.5) is 0 Å². The van der Waals surface area contributed by atoms with Crippen molar-refractivity contribution in [2.24, 2.45) is 0 Å². The van der Waals surface area contributed by atoms with Crippen molar-refractivity contribution in [2.45, 2.75) is 61.4 Å². The Labute approximate surface area is 507 Å². The van der Waals surface area contributed by atoms with Gasteiger partial charge in [0.15, 0.2) is 0 Å². The summed E-state index contributed by atoms with van der Waals surface area (Å²) >= 11 is 0. The number of hydrogen-bond donors (Lipinski definition) is 8. The summed E-state index contributed by atoms with van der Waals surface area (Å²) in [6, 6.07) is 5.67. The Morgan fingerprint density at radius 2 is 0.737 bits per heavy atom. The Balaban J connectivity index is -0.000000320. The van der Waals surface area contributed by atoms with Crippen molar-refractivity contribution < 1.29 is 412 Å². The topological polar surface area (TPSA) is 199 Å². The number of ether oxygens (including phenoxy) is 4. The molecule has 2 fully saturated rings. The van der Waals surface area contributed by atoms with E-state index in [0.29, 0.717) is 0 Å². The van der Waals surface area contributed by atoms with Gasteiger partial charge in [-0.2, -0.15) is 0 Å². The number of aliphatic hydroxyl groups excluding tert-OH is 8. The third-order valence-corrected chi connectivity index (χ3v) is 5.03. The summed E-state index contributed by atoms with van der Waals surface area (Å²) in [5.41, 5.74) is 0. The second kappa shape index (κ2) is 31.7. The molecule has 0 spiro atoms. The van der Waals surface area contributed by atoms with Crippen molar-refractivity contribution >= 4 is 0 Å². The second-order valence-corrected chi connectivity index (χ2v) is 7.10. The first kappa shape index (κ1) is 60.1. The first-order valence-electron chi connectivity index (χ1n) is 9.31. The van der Waals surface area contributed by atoms with Crippen molar-refractivity contribution in [1.82, 2.24) is 0 Å². The fourth-order valence-corrected chi connectivity index (χ4v) is 3.19. The predicted octanol–water partition coefficient (Wildman–Crippen LogP) is -3.96. The van der Waals surface area contributed by atoms with Gasteiger partial charge in [0.05, 0.1) is 13.2 Å². The standard InChI is InChI=1S/C18H26O12.8Ac/c19-5-9-11(21)13(23)15(25)17(29-9)27-7-1-2-8(4-3-7)28-18-16(26)14(24)12(22)10(6-20)30-18;;;;;;;;/h1-4,9-26H,5-6H2;;;;;;;;/t9-,10-,11?,12?,13?,14?,15?,16?,17?,18?;;;;;;;;/m1......../s1. The van der Waals surface area contributed by atoms with E-state index in [4.69, 9.17) is 18.9 Å². The number of aliphatic hydroxyl groups is 8. The van der Waals surface area contributed by atoms with Crippen molar-refractivity contribution in [3.05, 3.63) is 24.3 Å². The molecule has 0 amide bonds. The Bertz CT molecular complexity index is 639. The summed E-state index contributed by atoms with van der Waals surface area (Å²) in [7, 11) is 0. The Kier molecular flexibility index (Phi) is 50.1. The maximum atomic E-state index is 10.0. The van der Waals surface area contributed by atoms with Crippen LogP contribution in [0, 0.1) is 352 Å². The maximum Gasteiger partial charge on any atom is 0.229 e. The minimum Gasteiger partial charge on any atom is -0.462 e. The molecule has 3 rings (SSSR count). The van der Waals surface area contributed by atoms with Gasteiger partial charge in [-0.3, -0.25) is 0 Å². The van der Waals surface area contributed by atoms with Gasteiger partial charge < -0.3 is 59.8 Å². The molecule has 8 radical (unpaired) electrons. The van der Waals surface area contributed by atoms with Crippen LogP contribution in [0.1, 0.15) is 0 Å². The first-order chi connectivity index (χ1) is 14.3. The van der Waals surface area contributed by atoms with Crippen LogP contribution in [-0.2, 0) is 9.47 Å². The molecule has 0 aromatic heterocycles. The number of rotatable bonds is 6. The van der Waals surface area contributed by atoms with E-state index in [1.165, 1.54) is 24.3 Å². The minimum atomic E-state index is -1.57. The fraction of sp³-hybridized carbons (Fsp3) is 0.667. The molecule has 8 N–H and O–H groups in total. The quantitative estimate of drug-likeness (QED) is 0.138. The van der Waals surface area contributed by atoms with Crippen LogP contribution in [0.3, 0.4) is 0 Å². The molecule has 2 saturated heterocycles. The summed E-state index contributed by atoms with van der Waals surface area (Å²) in [6.07, 6.45) is -14.2. The van der Waals surface area contributed by atoms with Gasteiger partial charge in [0.2, 0.25) is 12.6 Å². The smallest absolute Gasteiger partial charge is 0.229 e. The SMILES string of the molecule is OC[C@H]1OC(Oc2ccc(OC3O[C@H](CO)C(O)C(O)C3O)cc2)C(O)C(O)C1O.[Ac].[Ac].[Ac].[Ac].[Ac].[Ac].[Ac].[Ac]. The van der Waals surface area contributed by atoms with E-state index in [-0.39, 0.29) is 364 Å². The molecule has 0 saturated carbocycles. The zero-order valence-corrected chi connectivity index (χ0v) is 58.3. The molecule has 20 heteroatoms. The summed E-state index contributed by atoms with van der Waals surface area (Å²) in [4.78, 5) is 0. The maximum absolute atomic E-state index is 10.0. The normalized spacial score (nSPS) is 33.2. The molecule has 38 heavy (non-hydrogen) atoms. The van der Waals surface area contributed by atoms with Crippen molar-refractivity contribution in [1.29, 1.82) is 0 Å². The second-order valence-electron chi connectivity index (χ2n) is 7.10. The zero-order chi connectivity index (χ0) is 22.0. The van der Waals surface area contributed by atoms with E-state index < -0.39 is 74.6 Å². The van der Waals surface area contributed by atoms with Crippen LogP contribution in [0.2, 0.25) is 0 Å².